The van der Waals surface area contributed by atoms with Gasteiger partial charge < -0.3 is 33.8 Å². The number of unbranched alkanes of at least 4 members (excludes halogenated alkanes) is 32. The number of carbonyl (C=O) groups excluding carboxylic acids is 4. The van der Waals surface area contributed by atoms with Crippen molar-refractivity contribution in [1.29, 1.82) is 0 Å². The van der Waals surface area contributed by atoms with Gasteiger partial charge in [-0.2, -0.15) is 0 Å². The van der Waals surface area contributed by atoms with Gasteiger partial charge in [0.1, 0.15) is 19.3 Å². The molecule has 0 aromatic carbocycles. The summed E-state index contributed by atoms with van der Waals surface area (Å²) in [5.74, 6) is -0.685. The molecule has 0 bridgehead atoms. The zero-order valence-electron chi connectivity index (χ0n) is 52.8. The molecule has 0 heterocycles. The Balaban J connectivity index is 5.22. The third-order valence-electron chi connectivity index (χ3n) is 14.5. The molecule has 2 unspecified atom stereocenters. The zero-order chi connectivity index (χ0) is 60.8. The van der Waals surface area contributed by atoms with Crippen LogP contribution in [0, 0.1) is 11.8 Å². The molecule has 0 aliphatic rings. The van der Waals surface area contributed by atoms with E-state index < -0.39 is 97.5 Å². The summed E-state index contributed by atoms with van der Waals surface area (Å²) in [6, 6.07) is 0. The van der Waals surface area contributed by atoms with Gasteiger partial charge in [-0.15, -0.1) is 0 Å². The van der Waals surface area contributed by atoms with Crippen molar-refractivity contribution in [1.82, 2.24) is 0 Å². The van der Waals surface area contributed by atoms with Crippen LogP contribution in [0.15, 0.2) is 0 Å². The largest absolute Gasteiger partial charge is 0.472 e. The number of carbonyl (C=O) groups is 4. The van der Waals surface area contributed by atoms with E-state index in [1.54, 1.807) is 0 Å². The number of phosphoric ester groups is 2. The molecule has 0 radical (unpaired) electrons. The average Bonchev–Trinajstić information content (AvgIpc) is 3.44. The number of ether oxygens (including phenoxy) is 4. The van der Waals surface area contributed by atoms with E-state index in [1.165, 1.54) is 116 Å². The van der Waals surface area contributed by atoms with E-state index in [1.807, 2.05) is 0 Å². The fourth-order valence-corrected chi connectivity index (χ4v) is 10.9. The molecule has 5 atom stereocenters. The van der Waals surface area contributed by atoms with Crippen molar-refractivity contribution in [2.24, 2.45) is 11.8 Å². The maximum Gasteiger partial charge on any atom is 0.472 e. The fraction of sp³-hybridized carbons (Fsp3) is 0.937. The number of hydrogen-bond acceptors (Lipinski definition) is 15. The highest BCUT2D eigenvalue weighted by atomic mass is 31.2. The molecular weight excluding hydrogens is 1090 g/mol. The number of aliphatic hydroxyl groups excluding tert-OH is 1. The van der Waals surface area contributed by atoms with E-state index in [0.29, 0.717) is 25.7 Å². The van der Waals surface area contributed by atoms with Gasteiger partial charge in [0.25, 0.3) is 0 Å². The van der Waals surface area contributed by atoms with Gasteiger partial charge in [0.05, 0.1) is 26.4 Å². The molecule has 0 fully saturated rings. The number of aliphatic hydroxyl groups is 1. The van der Waals surface area contributed by atoms with Crippen LogP contribution in [-0.4, -0.2) is 96.7 Å². The van der Waals surface area contributed by atoms with E-state index in [9.17, 15) is 43.2 Å². The Morgan fingerprint density at radius 3 is 0.829 bits per heavy atom. The molecule has 0 saturated carbocycles. The van der Waals surface area contributed by atoms with Crippen molar-refractivity contribution < 1.29 is 80.2 Å². The number of rotatable bonds is 62. The second-order valence-corrected chi connectivity index (χ2v) is 26.7. The van der Waals surface area contributed by atoms with Crippen LogP contribution < -0.4 is 0 Å². The zero-order valence-corrected chi connectivity index (χ0v) is 54.6. The van der Waals surface area contributed by atoms with E-state index in [4.69, 9.17) is 37.0 Å². The molecular formula is C63H122O17P2. The lowest BCUT2D eigenvalue weighted by Gasteiger charge is -2.21. The van der Waals surface area contributed by atoms with Gasteiger partial charge in [0, 0.05) is 25.7 Å². The topological polar surface area (TPSA) is 237 Å². The van der Waals surface area contributed by atoms with Crippen LogP contribution >= 0.6 is 15.6 Å². The van der Waals surface area contributed by atoms with Crippen LogP contribution in [0.1, 0.15) is 311 Å². The fourth-order valence-electron chi connectivity index (χ4n) is 9.35. The predicted molar refractivity (Wildman–Crippen MR) is 326 cm³/mol. The maximum atomic E-state index is 13.0. The molecule has 3 N–H and O–H groups in total. The third-order valence-corrected chi connectivity index (χ3v) is 16.4. The highest BCUT2D eigenvalue weighted by Gasteiger charge is 2.30. The monoisotopic (exact) mass is 1210 g/mol. The summed E-state index contributed by atoms with van der Waals surface area (Å²) in [5.41, 5.74) is 0. The lowest BCUT2D eigenvalue weighted by molar-refractivity contribution is -0.161. The second kappa shape index (κ2) is 55.6. The molecule has 17 nitrogen and oxygen atoms in total. The Bertz CT molecular complexity index is 1620. The SMILES string of the molecule is CCCCCCCCCCCCCCC(=O)OC[C@H](COP(=O)(O)OC[C@@H](O)COP(=O)(O)OC[C@@H](COC(=O)CCCCCCCCC)OC(=O)CCCCCCCCCCC(C)C)OC(=O)CCCCCCCCCCCC(C)C. The summed E-state index contributed by atoms with van der Waals surface area (Å²) < 4.78 is 67.9. The smallest absolute Gasteiger partial charge is 0.462 e. The lowest BCUT2D eigenvalue weighted by atomic mass is 10.0. The highest BCUT2D eigenvalue weighted by molar-refractivity contribution is 7.47. The third kappa shape index (κ3) is 57.2. The van der Waals surface area contributed by atoms with Gasteiger partial charge in [0.2, 0.25) is 0 Å². The first-order valence-electron chi connectivity index (χ1n) is 33.0. The van der Waals surface area contributed by atoms with Gasteiger partial charge in [-0.05, 0) is 37.5 Å². The Hall–Kier alpha value is -1.94. The van der Waals surface area contributed by atoms with Crippen LogP contribution in [0.2, 0.25) is 0 Å². The number of esters is 4. The molecule has 0 aromatic heterocycles. The van der Waals surface area contributed by atoms with Crippen molar-refractivity contribution in [3.63, 3.8) is 0 Å². The Morgan fingerprint density at radius 1 is 0.329 bits per heavy atom. The minimum Gasteiger partial charge on any atom is -0.462 e. The minimum atomic E-state index is -4.94. The van der Waals surface area contributed by atoms with Crippen molar-refractivity contribution in [3.8, 4) is 0 Å². The van der Waals surface area contributed by atoms with E-state index in [2.05, 4.69) is 41.5 Å². The second-order valence-electron chi connectivity index (χ2n) is 23.7. The van der Waals surface area contributed by atoms with Crippen LogP contribution in [0.3, 0.4) is 0 Å². The van der Waals surface area contributed by atoms with E-state index in [0.717, 1.165) is 115 Å². The lowest BCUT2D eigenvalue weighted by Crippen LogP contribution is -2.30. The Morgan fingerprint density at radius 2 is 0.561 bits per heavy atom. The van der Waals surface area contributed by atoms with Crippen LogP contribution in [-0.2, 0) is 65.4 Å². The standard InChI is InChI=1S/C63H122O17P2/c1-7-9-11-13-15-16-17-18-21-28-34-40-46-61(66)74-52-59(79-62(67)47-41-35-29-22-19-20-26-31-37-43-55(3)4)54-78-82(71,72)76-50-57(64)49-75-81(69,70)77-53-58(51-73-60(65)45-39-33-25-14-12-10-8-2)80-63(68)48-42-36-30-24-23-27-32-38-44-56(5)6/h55-59,64H,7-54H2,1-6H3,(H,69,70)(H,71,72)/t57-,58+,59+/m0/s1. The number of phosphoric acid groups is 2. The summed E-state index contributed by atoms with van der Waals surface area (Å²) in [6.45, 7) is 9.38. The van der Waals surface area contributed by atoms with Gasteiger partial charge in [-0.3, -0.25) is 37.3 Å². The molecule has 0 aliphatic carbocycles. The normalized spacial score (nSPS) is 14.3. The average molecular weight is 1210 g/mol. The van der Waals surface area contributed by atoms with Crippen molar-refractivity contribution in [3.05, 3.63) is 0 Å². The van der Waals surface area contributed by atoms with Crippen molar-refractivity contribution in [2.75, 3.05) is 39.6 Å². The van der Waals surface area contributed by atoms with Crippen molar-refractivity contribution >= 4 is 39.5 Å². The summed E-state index contributed by atoms with van der Waals surface area (Å²) in [4.78, 5) is 72.1. The molecule has 0 amide bonds. The van der Waals surface area contributed by atoms with Crippen LogP contribution in [0.4, 0.5) is 0 Å². The van der Waals surface area contributed by atoms with Gasteiger partial charge in [-0.25, -0.2) is 9.13 Å². The summed E-state index contributed by atoms with van der Waals surface area (Å²) in [6.07, 6.45) is 37.7. The first-order chi connectivity index (χ1) is 39.4. The molecule has 82 heavy (non-hydrogen) atoms. The molecule has 0 saturated heterocycles. The molecule has 0 aromatic rings. The molecule has 0 aliphatic heterocycles. The molecule has 19 heteroatoms. The van der Waals surface area contributed by atoms with Crippen LogP contribution in [0.25, 0.3) is 0 Å². The van der Waals surface area contributed by atoms with Crippen LogP contribution in [0.5, 0.6) is 0 Å². The maximum absolute atomic E-state index is 13.0. The number of hydrogen-bond donors (Lipinski definition) is 3. The summed E-state index contributed by atoms with van der Waals surface area (Å²) >= 11 is 0. The summed E-state index contributed by atoms with van der Waals surface area (Å²) in [7, 11) is -9.88. The Labute approximate surface area is 498 Å². The Kier molecular flexibility index (Phi) is 54.3. The highest BCUT2D eigenvalue weighted by Crippen LogP contribution is 2.45. The molecule has 0 rings (SSSR count). The molecule has 486 valence electrons. The summed E-state index contributed by atoms with van der Waals surface area (Å²) in [5, 5.41) is 10.5. The minimum absolute atomic E-state index is 0.104. The van der Waals surface area contributed by atoms with Gasteiger partial charge in [-0.1, -0.05) is 260 Å². The molecule has 0 spiro atoms. The van der Waals surface area contributed by atoms with Gasteiger partial charge in [0.15, 0.2) is 12.2 Å². The van der Waals surface area contributed by atoms with E-state index in [-0.39, 0.29) is 25.7 Å². The van der Waals surface area contributed by atoms with Crippen molar-refractivity contribution in [2.45, 2.75) is 330 Å². The quantitative estimate of drug-likeness (QED) is 0.0222. The predicted octanol–water partition coefficient (Wildman–Crippen LogP) is 17.3. The van der Waals surface area contributed by atoms with E-state index >= 15 is 0 Å². The first-order valence-corrected chi connectivity index (χ1v) is 36.0. The van der Waals surface area contributed by atoms with Gasteiger partial charge >= 0.3 is 39.5 Å². The first kappa shape index (κ1) is 80.1.